The molecule has 1 N–H and O–H groups in total. The quantitative estimate of drug-likeness (QED) is 0.753. The van der Waals surface area contributed by atoms with E-state index >= 15 is 0 Å². The van der Waals surface area contributed by atoms with Crippen LogP contribution in [0.3, 0.4) is 0 Å². The van der Waals surface area contributed by atoms with Crippen LogP contribution in [0.5, 0.6) is 0 Å². The van der Waals surface area contributed by atoms with Crippen molar-refractivity contribution in [3.05, 3.63) is 0 Å². The molecule has 2 heterocycles. The zero-order chi connectivity index (χ0) is 11.5. The first kappa shape index (κ1) is 12.2. The van der Waals surface area contributed by atoms with E-state index < -0.39 is 0 Å². The predicted octanol–water partition coefficient (Wildman–Crippen LogP) is 1.34. The highest BCUT2D eigenvalue weighted by atomic mass is 32.2. The molecule has 0 aromatic carbocycles. The number of thioether (sulfide) groups is 1. The third kappa shape index (κ3) is 2.54. The van der Waals surface area contributed by atoms with E-state index in [1.807, 2.05) is 11.8 Å². The first-order valence-electron chi connectivity index (χ1n) is 6.31. The van der Waals surface area contributed by atoms with Crippen LogP contribution in [0.4, 0.5) is 0 Å². The zero-order valence-corrected chi connectivity index (χ0v) is 11.1. The van der Waals surface area contributed by atoms with Crippen LogP contribution in [0, 0.1) is 5.92 Å². The molecule has 2 fully saturated rings. The Kier molecular flexibility index (Phi) is 4.14. The standard InChI is InChI=1S/C12H22N2OS/c1-9-4-3-5-13-11(9)12(15)14-6-7-16-8-10(14)2/h9-11,13H,3-8H2,1-2H3. The van der Waals surface area contributed by atoms with Crippen molar-refractivity contribution in [1.29, 1.82) is 0 Å². The number of carbonyl (C=O) groups is 1. The zero-order valence-electron chi connectivity index (χ0n) is 10.2. The van der Waals surface area contributed by atoms with E-state index in [1.54, 1.807) is 0 Å². The van der Waals surface area contributed by atoms with Crippen LogP contribution in [0.2, 0.25) is 0 Å². The summed E-state index contributed by atoms with van der Waals surface area (Å²) in [4.78, 5) is 14.5. The van der Waals surface area contributed by atoms with Crippen LogP contribution in [0.1, 0.15) is 26.7 Å². The number of nitrogens with one attached hydrogen (secondary N) is 1. The van der Waals surface area contributed by atoms with Gasteiger partial charge in [0.05, 0.1) is 6.04 Å². The highest BCUT2D eigenvalue weighted by molar-refractivity contribution is 7.99. The summed E-state index contributed by atoms with van der Waals surface area (Å²) in [5.74, 6) is 3.01. The third-order valence-electron chi connectivity index (χ3n) is 3.69. The lowest BCUT2D eigenvalue weighted by Crippen LogP contribution is -2.56. The Balaban J connectivity index is 1.99. The van der Waals surface area contributed by atoms with Crippen molar-refractivity contribution in [3.63, 3.8) is 0 Å². The smallest absolute Gasteiger partial charge is 0.240 e. The number of carbonyl (C=O) groups excluding carboxylic acids is 1. The summed E-state index contributed by atoms with van der Waals surface area (Å²) in [6, 6.07) is 0.474. The second-order valence-electron chi connectivity index (χ2n) is 5.01. The molecular formula is C12H22N2OS. The molecule has 0 bridgehead atoms. The Morgan fingerprint density at radius 3 is 2.94 bits per heavy atom. The Hall–Kier alpha value is -0.220. The van der Waals surface area contributed by atoms with Gasteiger partial charge in [-0.05, 0) is 32.2 Å². The lowest BCUT2D eigenvalue weighted by molar-refractivity contribution is -0.136. The van der Waals surface area contributed by atoms with E-state index in [9.17, 15) is 4.79 Å². The summed E-state index contributed by atoms with van der Waals surface area (Å²) in [6.45, 7) is 6.28. The van der Waals surface area contributed by atoms with Crippen molar-refractivity contribution >= 4 is 17.7 Å². The fraction of sp³-hybridized carbons (Fsp3) is 0.917. The van der Waals surface area contributed by atoms with Crippen molar-refractivity contribution in [1.82, 2.24) is 10.2 Å². The van der Waals surface area contributed by atoms with E-state index in [1.165, 1.54) is 12.8 Å². The van der Waals surface area contributed by atoms with Crippen molar-refractivity contribution in [3.8, 4) is 0 Å². The molecule has 0 aromatic heterocycles. The minimum absolute atomic E-state index is 0.0688. The number of amides is 1. The number of piperidine rings is 1. The van der Waals surface area contributed by atoms with Gasteiger partial charge in [-0.2, -0.15) is 11.8 Å². The lowest BCUT2D eigenvalue weighted by atomic mass is 9.91. The maximum atomic E-state index is 12.4. The fourth-order valence-electron chi connectivity index (χ4n) is 2.61. The summed E-state index contributed by atoms with van der Waals surface area (Å²) in [6.07, 6.45) is 2.39. The summed E-state index contributed by atoms with van der Waals surface area (Å²) in [7, 11) is 0. The van der Waals surface area contributed by atoms with Gasteiger partial charge in [0, 0.05) is 24.1 Å². The van der Waals surface area contributed by atoms with E-state index in [0.717, 1.165) is 24.6 Å². The molecule has 2 saturated heterocycles. The predicted molar refractivity (Wildman–Crippen MR) is 68.7 cm³/mol. The summed E-state index contributed by atoms with van der Waals surface area (Å²) in [5.41, 5.74) is 0. The minimum Gasteiger partial charge on any atom is -0.337 e. The van der Waals surface area contributed by atoms with Gasteiger partial charge in [-0.1, -0.05) is 6.92 Å². The van der Waals surface area contributed by atoms with Crippen molar-refractivity contribution < 1.29 is 4.79 Å². The number of rotatable bonds is 1. The highest BCUT2D eigenvalue weighted by Crippen LogP contribution is 2.22. The van der Waals surface area contributed by atoms with Gasteiger partial charge in [0.2, 0.25) is 5.91 Å². The lowest BCUT2D eigenvalue weighted by Gasteiger charge is -2.38. The average molecular weight is 242 g/mol. The minimum atomic E-state index is 0.0688. The molecule has 3 nitrogen and oxygen atoms in total. The molecule has 1 amide bonds. The number of hydrogen-bond acceptors (Lipinski definition) is 3. The molecular weight excluding hydrogens is 220 g/mol. The Labute approximate surface area is 102 Å². The molecule has 2 aliphatic heterocycles. The largest absolute Gasteiger partial charge is 0.337 e. The molecule has 4 heteroatoms. The van der Waals surface area contributed by atoms with Gasteiger partial charge in [-0.3, -0.25) is 4.79 Å². The molecule has 0 aromatic rings. The van der Waals surface area contributed by atoms with Crippen molar-refractivity contribution in [2.75, 3.05) is 24.6 Å². The summed E-state index contributed by atoms with van der Waals surface area (Å²) < 4.78 is 0. The van der Waals surface area contributed by atoms with Crippen molar-refractivity contribution in [2.24, 2.45) is 5.92 Å². The molecule has 0 aliphatic carbocycles. The van der Waals surface area contributed by atoms with Crippen LogP contribution in [-0.4, -0.2) is 47.5 Å². The second-order valence-corrected chi connectivity index (χ2v) is 6.16. The van der Waals surface area contributed by atoms with Crippen molar-refractivity contribution in [2.45, 2.75) is 38.8 Å². The SMILES string of the molecule is CC1CCCNC1C(=O)N1CCSCC1C. The van der Waals surface area contributed by atoms with E-state index in [0.29, 0.717) is 17.9 Å². The molecule has 3 unspecified atom stereocenters. The van der Waals surface area contributed by atoms with Gasteiger partial charge in [-0.15, -0.1) is 0 Å². The average Bonchev–Trinajstić information content (AvgIpc) is 2.29. The maximum Gasteiger partial charge on any atom is 0.240 e. The topological polar surface area (TPSA) is 32.3 Å². The normalized spacial score (nSPS) is 36.1. The van der Waals surface area contributed by atoms with Crippen LogP contribution in [0.25, 0.3) is 0 Å². The Bertz CT molecular complexity index is 235. The van der Waals surface area contributed by atoms with Gasteiger partial charge in [0.1, 0.15) is 0 Å². The summed E-state index contributed by atoms with van der Waals surface area (Å²) in [5, 5.41) is 3.39. The molecule has 16 heavy (non-hydrogen) atoms. The van der Waals surface area contributed by atoms with Gasteiger partial charge in [-0.25, -0.2) is 0 Å². The van der Waals surface area contributed by atoms with Crippen LogP contribution in [0.15, 0.2) is 0 Å². The van der Waals surface area contributed by atoms with Crippen LogP contribution >= 0.6 is 11.8 Å². The van der Waals surface area contributed by atoms with E-state index in [2.05, 4.69) is 24.1 Å². The Morgan fingerprint density at radius 2 is 2.25 bits per heavy atom. The van der Waals surface area contributed by atoms with Gasteiger partial charge >= 0.3 is 0 Å². The number of nitrogens with zero attached hydrogens (tertiary/aromatic N) is 1. The first-order chi connectivity index (χ1) is 7.70. The molecule has 0 spiro atoms. The van der Waals surface area contributed by atoms with Gasteiger partial charge < -0.3 is 10.2 Å². The fourth-order valence-corrected chi connectivity index (χ4v) is 3.63. The van der Waals surface area contributed by atoms with Crippen LogP contribution in [-0.2, 0) is 4.79 Å². The van der Waals surface area contributed by atoms with E-state index in [4.69, 9.17) is 0 Å². The van der Waals surface area contributed by atoms with Gasteiger partial charge in [0.15, 0.2) is 0 Å². The van der Waals surface area contributed by atoms with Crippen LogP contribution < -0.4 is 5.32 Å². The molecule has 92 valence electrons. The molecule has 0 saturated carbocycles. The summed E-state index contributed by atoms with van der Waals surface area (Å²) >= 11 is 1.96. The maximum absolute atomic E-state index is 12.4. The monoisotopic (exact) mass is 242 g/mol. The van der Waals surface area contributed by atoms with E-state index in [-0.39, 0.29) is 6.04 Å². The molecule has 2 rings (SSSR count). The first-order valence-corrected chi connectivity index (χ1v) is 7.47. The highest BCUT2D eigenvalue weighted by Gasteiger charge is 2.33. The molecule has 3 atom stereocenters. The third-order valence-corrected chi connectivity index (χ3v) is 4.88. The Morgan fingerprint density at radius 1 is 1.44 bits per heavy atom. The molecule has 2 aliphatic rings. The second kappa shape index (κ2) is 5.41. The number of hydrogen-bond donors (Lipinski definition) is 1. The van der Waals surface area contributed by atoms with Gasteiger partial charge in [0.25, 0.3) is 0 Å². The molecule has 0 radical (unpaired) electrons.